The van der Waals surface area contributed by atoms with Crippen LogP contribution in [0.4, 0.5) is 5.69 Å². The number of hydrogen-bond acceptors (Lipinski definition) is 17. The molecule has 0 spiro atoms. The number of ether oxygens (including phenoxy) is 4. The average molecular weight is 1030 g/mol. The third-order valence-electron chi connectivity index (χ3n) is 11.1. The summed E-state index contributed by atoms with van der Waals surface area (Å²) in [7, 11) is 10.8. The van der Waals surface area contributed by atoms with Gasteiger partial charge in [-0.3, -0.25) is 9.59 Å². The Morgan fingerprint density at radius 2 is 0.815 bits per heavy atom. The van der Waals surface area contributed by atoms with Crippen molar-refractivity contribution in [3.05, 3.63) is 33.9 Å². The maximum absolute atomic E-state index is 15.6. The van der Waals surface area contributed by atoms with E-state index in [1.54, 1.807) is 139 Å². The third kappa shape index (κ3) is 7.49. The summed E-state index contributed by atoms with van der Waals surface area (Å²) in [6.45, 7) is 22.4. The number of carbonyl (C=O) groups excluding carboxylic acids is 3. The van der Waals surface area contributed by atoms with Gasteiger partial charge in [-0.05, 0) is 55.4 Å². The van der Waals surface area contributed by atoms with Gasteiger partial charge >= 0.3 is 0 Å². The Bertz CT molecular complexity index is 2530. The maximum atomic E-state index is 15.6. The highest BCUT2D eigenvalue weighted by Gasteiger charge is 2.60. The van der Waals surface area contributed by atoms with Crippen molar-refractivity contribution in [2.75, 3.05) is 47.2 Å². The quantitative estimate of drug-likeness (QED) is 0.178. The number of thioether (sulfide) groups is 8. The zero-order valence-electron chi connectivity index (χ0n) is 39.5. The van der Waals surface area contributed by atoms with Gasteiger partial charge in [-0.1, -0.05) is 0 Å². The molecule has 11 nitrogen and oxygen atoms in total. The number of amides is 2. The van der Waals surface area contributed by atoms with E-state index in [0.29, 0.717) is 33.7 Å². The van der Waals surface area contributed by atoms with Crippen molar-refractivity contribution >= 4 is 118 Å². The second kappa shape index (κ2) is 15.2. The molecule has 6 aliphatic rings. The molecule has 19 heteroatoms. The first-order chi connectivity index (χ1) is 29.9. The molecule has 65 heavy (non-hydrogen) atoms. The molecule has 1 unspecified atom stereocenters. The first kappa shape index (κ1) is 47.9. The van der Waals surface area contributed by atoms with Crippen LogP contribution >= 0.6 is 94.1 Å². The lowest BCUT2D eigenvalue weighted by Crippen LogP contribution is -2.36. The summed E-state index contributed by atoms with van der Waals surface area (Å²) in [4.78, 5) is 52.9. The molecular weight excluding hydrogens is 979 g/mol. The smallest absolute Gasteiger partial charge is 0.279 e. The Morgan fingerprint density at radius 1 is 0.508 bits per heavy atom. The molecule has 9 rings (SSSR count). The number of nitrogens with zero attached hydrogens (tertiary/aromatic N) is 3. The molecule has 6 aliphatic heterocycles. The molecule has 3 aromatic carbocycles. The molecule has 2 amide bonds. The molecule has 0 saturated heterocycles. The first-order valence-corrected chi connectivity index (χ1v) is 27.4. The van der Waals surface area contributed by atoms with E-state index in [2.05, 4.69) is 55.4 Å². The first-order valence-electron chi connectivity index (χ1n) is 20.9. The van der Waals surface area contributed by atoms with E-state index in [1.165, 1.54) is 6.08 Å². The maximum Gasteiger partial charge on any atom is 0.279 e. The zero-order valence-corrected chi connectivity index (χ0v) is 46.0. The summed E-state index contributed by atoms with van der Waals surface area (Å²) in [5, 5.41) is 15.6. The topological polar surface area (TPSA) is 118 Å². The zero-order chi connectivity index (χ0) is 47.7. The van der Waals surface area contributed by atoms with Crippen LogP contribution in [0.1, 0.15) is 114 Å². The van der Waals surface area contributed by atoms with Crippen molar-refractivity contribution in [2.24, 2.45) is 0 Å². The number of benzene rings is 3. The molecule has 0 aromatic heterocycles. The lowest BCUT2D eigenvalue weighted by atomic mass is 9.77. The van der Waals surface area contributed by atoms with Crippen molar-refractivity contribution in [3.63, 3.8) is 0 Å². The van der Waals surface area contributed by atoms with Crippen molar-refractivity contribution in [2.45, 2.75) is 149 Å². The van der Waals surface area contributed by atoms with Crippen LogP contribution in [-0.4, -0.2) is 103 Å². The van der Waals surface area contributed by atoms with Crippen LogP contribution < -0.4 is 23.8 Å². The van der Waals surface area contributed by atoms with Crippen molar-refractivity contribution < 1.29 is 38.4 Å². The number of carbonyl (C=O) groups is 2. The van der Waals surface area contributed by atoms with Gasteiger partial charge in [0.2, 0.25) is 5.79 Å². The van der Waals surface area contributed by atoms with Gasteiger partial charge in [-0.2, -0.15) is 0 Å². The molecule has 0 bridgehead atoms. The van der Waals surface area contributed by atoms with Crippen molar-refractivity contribution in [1.29, 1.82) is 0 Å². The number of aliphatic hydroxyl groups is 1. The van der Waals surface area contributed by atoms with E-state index < -0.39 is 33.5 Å². The fraction of sp³-hybridized carbons (Fsp3) is 0.522. The molecule has 348 valence electrons. The third-order valence-corrected chi connectivity index (χ3v) is 22.5. The highest BCUT2D eigenvalue weighted by atomic mass is 32.2. The predicted octanol–water partition coefficient (Wildman–Crippen LogP) is 11.6. The summed E-state index contributed by atoms with van der Waals surface area (Å²) < 4.78 is 25.6. The van der Waals surface area contributed by atoms with E-state index in [-0.39, 0.29) is 34.6 Å². The molecule has 6 heterocycles. The largest absolute Gasteiger partial charge is 0.448 e. The Kier molecular flexibility index (Phi) is 11.2. The minimum Gasteiger partial charge on any atom is -0.448 e. The van der Waals surface area contributed by atoms with Gasteiger partial charge in [0.15, 0.2) is 28.6 Å². The molecule has 1 N–H and O–H groups in total. The SMILES string of the molecule is CN(C)C(=O)c1c2c(c(C(O)(c3c4c(c(N(C)C)c5c3OC(C)(C=C=O)O5)OC(C)(C)O4)c3c4c(c(C(=O)N(C)C)c5c3SC(C)(C)S5)SC(C)(C)S4)c3c1SC(C)(C)S3)SC(C)(C)S2. The van der Waals surface area contributed by atoms with Crippen LogP contribution in [0.2, 0.25) is 0 Å². The van der Waals surface area contributed by atoms with Crippen LogP contribution in [0.25, 0.3) is 0 Å². The predicted molar refractivity (Wildman–Crippen MR) is 270 cm³/mol. The number of rotatable bonds is 7. The molecular formula is C46H53N3O8S8. The molecule has 3 aromatic rings. The van der Waals surface area contributed by atoms with Crippen LogP contribution in [0, 0.1) is 0 Å². The monoisotopic (exact) mass is 1030 g/mol. The van der Waals surface area contributed by atoms with Gasteiger partial charge in [-0.25, -0.2) is 4.79 Å². The Morgan fingerprint density at radius 3 is 1.15 bits per heavy atom. The molecule has 0 fully saturated rings. The highest BCUT2D eigenvalue weighted by Crippen LogP contribution is 2.75. The minimum absolute atomic E-state index is 0.122. The average Bonchev–Trinajstić information content (AvgIpc) is 3.96. The van der Waals surface area contributed by atoms with E-state index in [1.807, 2.05) is 38.8 Å². The lowest BCUT2D eigenvalue weighted by molar-refractivity contribution is -0.0458. The van der Waals surface area contributed by atoms with Crippen molar-refractivity contribution in [1.82, 2.24) is 9.80 Å². The van der Waals surface area contributed by atoms with E-state index in [0.717, 1.165) is 39.2 Å². The standard InChI is InChI=1S/C46H53N3O8S8/c1-40(2)54-26-22(27-29(25(47(12)13)28(26)55-40)57-45(11,56-27)18-19-50)46(53,23-34-30(58-41(3,4)62-34)20(38(51)48(14)15)31-35(23)63-42(5,6)59-31)24-36-32(60-43(7,8)64-36)21(39(52)49(16)17)33-37(24)65-44(9,10)61-33/h18,53H,1-17H3. The van der Waals surface area contributed by atoms with Gasteiger partial charge in [-0.15, -0.1) is 94.1 Å². The Balaban J connectivity index is 1.57. The van der Waals surface area contributed by atoms with Gasteiger partial charge in [0, 0.05) is 113 Å². The second-order valence-electron chi connectivity index (χ2n) is 19.7. The van der Waals surface area contributed by atoms with Crippen LogP contribution in [-0.2, 0) is 10.4 Å². The minimum atomic E-state index is -2.19. The van der Waals surface area contributed by atoms with Gasteiger partial charge < -0.3 is 38.8 Å². The number of anilines is 1. The summed E-state index contributed by atoms with van der Waals surface area (Å²) in [5.41, 5.74) is 0.957. The second-order valence-corrected chi connectivity index (χ2v) is 33.8. The summed E-state index contributed by atoms with van der Waals surface area (Å²) in [6, 6.07) is 0. The number of hydrogen-bond donors (Lipinski definition) is 1. The molecule has 0 aliphatic carbocycles. The fourth-order valence-electron chi connectivity index (χ4n) is 8.89. The van der Waals surface area contributed by atoms with E-state index >= 15 is 5.11 Å². The highest BCUT2D eigenvalue weighted by molar-refractivity contribution is 8.22. The van der Waals surface area contributed by atoms with Crippen molar-refractivity contribution in [3.8, 4) is 23.0 Å². The van der Waals surface area contributed by atoms with Gasteiger partial charge in [0.25, 0.3) is 17.6 Å². The van der Waals surface area contributed by atoms with Gasteiger partial charge in [0.05, 0.1) is 39.1 Å². The molecule has 0 radical (unpaired) electrons. The molecule has 1 atom stereocenters. The van der Waals surface area contributed by atoms with Gasteiger partial charge in [0.1, 0.15) is 11.6 Å². The van der Waals surface area contributed by atoms with Crippen LogP contribution in [0.5, 0.6) is 23.0 Å². The van der Waals surface area contributed by atoms with E-state index in [4.69, 9.17) is 18.9 Å². The summed E-state index contributed by atoms with van der Waals surface area (Å²) in [6.07, 6.45) is 1.19. The lowest BCUT2D eigenvalue weighted by Gasteiger charge is -2.38. The van der Waals surface area contributed by atoms with E-state index in [9.17, 15) is 14.4 Å². The molecule has 0 saturated carbocycles. The van der Waals surface area contributed by atoms with Crippen LogP contribution in [0.15, 0.2) is 45.2 Å². The Labute approximate surface area is 415 Å². The summed E-state index contributed by atoms with van der Waals surface area (Å²) in [5.74, 6) is -0.174. The fourth-order valence-corrected chi connectivity index (χ4v) is 20.9. The normalized spacial score (nSPS) is 22.5. The van der Waals surface area contributed by atoms with Crippen LogP contribution in [0.3, 0.4) is 0 Å². The summed E-state index contributed by atoms with van der Waals surface area (Å²) >= 11 is 13.0. The number of fused-ring (bicyclic) bond motifs is 6. The Hall–Kier alpha value is -2.19.